The first kappa shape index (κ1) is 19.4. The number of halogens is 1. The van der Waals surface area contributed by atoms with Gasteiger partial charge in [0.15, 0.2) is 0 Å². The summed E-state index contributed by atoms with van der Waals surface area (Å²) in [5.41, 5.74) is 2.56. The zero-order valence-corrected chi connectivity index (χ0v) is 17.3. The number of amides is 1. The second-order valence-electron chi connectivity index (χ2n) is 6.62. The van der Waals surface area contributed by atoms with Crippen LogP contribution in [-0.2, 0) is 13.1 Å². The van der Waals surface area contributed by atoms with Gasteiger partial charge in [-0.3, -0.25) is 4.79 Å². The predicted octanol–water partition coefficient (Wildman–Crippen LogP) is 5.20. The third-order valence-corrected chi connectivity index (χ3v) is 5.85. The quantitative estimate of drug-likeness (QED) is 0.448. The van der Waals surface area contributed by atoms with Crippen molar-refractivity contribution in [3.63, 3.8) is 0 Å². The highest BCUT2D eigenvalue weighted by Crippen LogP contribution is 2.27. The number of anilines is 1. The van der Waals surface area contributed by atoms with Gasteiger partial charge in [-0.25, -0.2) is 9.97 Å². The fraction of sp³-hybridized carbons (Fsp3) is 0.136. The largest absolute Gasteiger partial charge is 0.365 e. The molecule has 0 saturated carbocycles. The smallest absolute Gasteiger partial charge is 0.251 e. The molecule has 4 rings (SSSR count). The third-order valence-electron chi connectivity index (χ3n) is 4.53. The van der Waals surface area contributed by atoms with E-state index in [0.717, 1.165) is 27.2 Å². The number of fused-ring (bicyclic) bond motifs is 1. The van der Waals surface area contributed by atoms with Crippen LogP contribution in [0.1, 0.15) is 26.4 Å². The highest BCUT2D eigenvalue weighted by Gasteiger charge is 2.08. The molecule has 7 heteroatoms. The molecule has 0 aliphatic rings. The molecule has 0 bridgehead atoms. The van der Waals surface area contributed by atoms with E-state index in [4.69, 9.17) is 11.6 Å². The molecule has 0 radical (unpaired) electrons. The monoisotopic (exact) mass is 422 g/mol. The van der Waals surface area contributed by atoms with Gasteiger partial charge in [0, 0.05) is 28.6 Å². The summed E-state index contributed by atoms with van der Waals surface area (Å²) in [4.78, 5) is 23.2. The number of rotatable bonds is 6. The molecule has 4 aromatic rings. The van der Waals surface area contributed by atoms with Crippen molar-refractivity contribution in [2.24, 2.45) is 0 Å². The molecule has 0 saturated heterocycles. The second kappa shape index (κ2) is 8.59. The Labute approximate surface area is 177 Å². The van der Waals surface area contributed by atoms with Crippen LogP contribution >= 0.6 is 22.9 Å². The Bertz CT molecular complexity index is 1160. The number of hydrogen-bond acceptors (Lipinski definition) is 5. The number of nitrogens with zero attached hydrogens (tertiary/aromatic N) is 2. The molecule has 0 unspecified atom stereocenters. The summed E-state index contributed by atoms with van der Waals surface area (Å²) >= 11 is 7.78. The Morgan fingerprint density at radius 2 is 1.86 bits per heavy atom. The van der Waals surface area contributed by atoms with Crippen LogP contribution in [0.4, 0.5) is 5.82 Å². The van der Waals surface area contributed by atoms with Crippen molar-refractivity contribution in [3.8, 4) is 0 Å². The SMILES string of the molecule is Cc1cc2c(NCc3ccc(C(=O)NCc4ccccc4Cl)cc3)ncnc2s1. The van der Waals surface area contributed by atoms with Gasteiger partial charge in [-0.2, -0.15) is 0 Å². The Kier molecular flexibility index (Phi) is 5.74. The van der Waals surface area contributed by atoms with Crippen molar-refractivity contribution in [2.45, 2.75) is 20.0 Å². The fourth-order valence-corrected chi connectivity index (χ4v) is 4.05. The van der Waals surface area contributed by atoms with Gasteiger partial charge >= 0.3 is 0 Å². The highest BCUT2D eigenvalue weighted by molar-refractivity contribution is 7.18. The summed E-state index contributed by atoms with van der Waals surface area (Å²) in [7, 11) is 0. The van der Waals surface area contributed by atoms with Crippen LogP contribution in [0, 0.1) is 6.92 Å². The van der Waals surface area contributed by atoms with Crippen LogP contribution in [0.25, 0.3) is 10.2 Å². The number of aromatic nitrogens is 2. The molecule has 0 aliphatic carbocycles. The van der Waals surface area contributed by atoms with Gasteiger partial charge < -0.3 is 10.6 Å². The van der Waals surface area contributed by atoms with Gasteiger partial charge in [-0.1, -0.05) is 41.9 Å². The van der Waals surface area contributed by atoms with Crippen molar-refractivity contribution in [2.75, 3.05) is 5.32 Å². The van der Waals surface area contributed by atoms with Gasteiger partial charge in [0.1, 0.15) is 17.0 Å². The van der Waals surface area contributed by atoms with Crippen LogP contribution in [-0.4, -0.2) is 15.9 Å². The normalized spacial score (nSPS) is 10.8. The zero-order valence-electron chi connectivity index (χ0n) is 15.8. The van der Waals surface area contributed by atoms with Crippen LogP contribution in [0.3, 0.4) is 0 Å². The molecule has 29 heavy (non-hydrogen) atoms. The lowest BCUT2D eigenvalue weighted by Crippen LogP contribution is -2.22. The maximum atomic E-state index is 12.4. The molecule has 2 heterocycles. The van der Waals surface area contributed by atoms with Gasteiger partial charge in [0.25, 0.3) is 5.91 Å². The number of carbonyl (C=O) groups is 1. The molecule has 2 aromatic carbocycles. The first-order chi connectivity index (χ1) is 14.1. The van der Waals surface area contributed by atoms with Gasteiger partial charge in [-0.05, 0) is 42.3 Å². The van der Waals surface area contributed by atoms with Gasteiger partial charge in [-0.15, -0.1) is 11.3 Å². The van der Waals surface area contributed by atoms with E-state index in [-0.39, 0.29) is 5.91 Å². The first-order valence-corrected chi connectivity index (χ1v) is 10.3. The molecule has 0 aliphatic heterocycles. The highest BCUT2D eigenvalue weighted by atomic mass is 35.5. The minimum absolute atomic E-state index is 0.129. The van der Waals surface area contributed by atoms with Gasteiger partial charge in [0.05, 0.1) is 5.39 Å². The van der Waals surface area contributed by atoms with Gasteiger partial charge in [0.2, 0.25) is 0 Å². The molecule has 0 fully saturated rings. The molecule has 2 aromatic heterocycles. The van der Waals surface area contributed by atoms with E-state index >= 15 is 0 Å². The number of carbonyl (C=O) groups excluding carboxylic acids is 1. The number of benzene rings is 2. The fourth-order valence-electron chi connectivity index (χ4n) is 3.00. The van der Waals surface area contributed by atoms with E-state index in [0.29, 0.717) is 23.7 Å². The molecule has 5 nitrogen and oxygen atoms in total. The molecule has 1 amide bonds. The lowest BCUT2D eigenvalue weighted by Gasteiger charge is -2.09. The summed E-state index contributed by atoms with van der Waals surface area (Å²) in [5.74, 6) is 0.691. The maximum Gasteiger partial charge on any atom is 0.251 e. The third kappa shape index (κ3) is 4.55. The lowest BCUT2D eigenvalue weighted by molar-refractivity contribution is 0.0951. The maximum absolute atomic E-state index is 12.4. The first-order valence-electron chi connectivity index (χ1n) is 9.16. The van der Waals surface area contributed by atoms with Crippen molar-refractivity contribution in [3.05, 3.63) is 87.5 Å². The molecule has 0 atom stereocenters. The molecule has 2 N–H and O–H groups in total. The number of thiophene rings is 1. The summed E-state index contributed by atoms with van der Waals surface area (Å²) in [6.07, 6.45) is 1.58. The van der Waals surface area contributed by atoms with Crippen LogP contribution in [0.15, 0.2) is 60.9 Å². The minimum Gasteiger partial charge on any atom is -0.365 e. The summed E-state index contributed by atoms with van der Waals surface area (Å²) in [6.45, 7) is 3.07. The van der Waals surface area contributed by atoms with Crippen LogP contribution in [0.5, 0.6) is 0 Å². The second-order valence-corrected chi connectivity index (χ2v) is 8.26. The molecular formula is C22H19ClN4OS. The standard InChI is InChI=1S/C22H19ClN4OS/c1-14-10-18-20(26-13-27-22(18)29-14)24-11-15-6-8-16(9-7-15)21(28)25-12-17-4-2-3-5-19(17)23/h2-10,13H,11-12H2,1H3,(H,25,28)(H,24,26,27). The van der Waals surface area contributed by atoms with E-state index in [9.17, 15) is 4.79 Å². The topological polar surface area (TPSA) is 66.9 Å². The summed E-state index contributed by atoms with van der Waals surface area (Å²) in [5, 5.41) is 7.94. The van der Waals surface area contributed by atoms with Crippen molar-refractivity contribution in [1.82, 2.24) is 15.3 Å². The van der Waals surface area contributed by atoms with E-state index in [1.54, 1.807) is 17.7 Å². The van der Waals surface area contributed by atoms with E-state index in [1.807, 2.05) is 48.5 Å². The van der Waals surface area contributed by atoms with E-state index in [2.05, 4.69) is 33.6 Å². The summed E-state index contributed by atoms with van der Waals surface area (Å²) < 4.78 is 0. The Morgan fingerprint density at radius 3 is 2.66 bits per heavy atom. The minimum atomic E-state index is -0.129. The Balaban J connectivity index is 1.37. The Hall–Kier alpha value is -2.96. The van der Waals surface area contributed by atoms with Crippen molar-refractivity contribution < 1.29 is 4.79 Å². The average molecular weight is 423 g/mol. The molecule has 146 valence electrons. The zero-order chi connectivity index (χ0) is 20.2. The number of aryl methyl sites for hydroxylation is 1. The van der Waals surface area contributed by atoms with Crippen molar-refractivity contribution in [1.29, 1.82) is 0 Å². The van der Waals surface area contributed by atoms with E-state index < -0.39 is 0 Å². The average Bonchev–Trinajstić information content (AvgIpc) is 3.12. The van der Waals surface area contributed by atoms with Crippen molar-refractivity contribution >= 4 is 44.9 Å². The Morgan fingerprint density at radius 1 is 1.07 bits per heavy atom. The molecular weight excluding hydrogens is 404 g/mol. The summed E-state index contributed by atoms with van der Waals surface area (Å²) in [6, 6.07) is 17.1. The van der Waals surface area contributed by atoms with E-state index in [1.165, 1.54) is 4.88 Å². The predicted molar refractivity (Wildman–Crippen MR) is 119 cm³/mol. The lowest BCUT2D eigenvalue weighted by atomic mass is 10.1. The molecule has 0 spiro atoms. The number of nitrogens with one attached hydrogen (secondary N) is 2. The van der Waals surface area contributed by atoms with Crippen LogP contribution in [0.2, 0.25) is 5.02 Å². The number of hydrogen-bond donors (Lipinski definition) is 2. The van der Waals surface area contributed by atoms with Crippen LogP contribution < -0.4 is 10.6 Å².